The zero-order valence-electron chi connectivity index (χ0n) is 7.31. The van der Waals surface area contributed by atoms with Crippen LogP contribution in [0.3, 0.4) is 0 Å². The molecule has 0 fully saturated rings. The van der Waals surface area contributed by atoms with Gasteiger partial charge in [-0.15, -0.1) is 6.58 Å². The molecule has 0 saturated carbocycles. The van der Waals surface area contributed by atoms with Crippen LogP contribution in [0.2, 0.25) is 0 Å². The maximum Gasteiger partial charge on any atom is 0.152 e. The Balaban J connectivity index is 2.97. The first-order chi connectivity index (χ1) is 6.29. The van der Waals surface area contributed by atoms with Gasteiger partial charge in [0.2, 0.25) is 0 Å². The van der Waals surface area contributed by atoms with Crippen molar-refractivity contribution in [1.29, 1.82) is 0 Å². The number of hydrogen-bond donors (Lipinski definition) is 1. The molecule has 0 heterocycles. The topological polar surface area (TPSA) is 46.3 Å². The first-order valence-electron chi connectivity index (χ1n) is 3.97. The lowest BCUT2D eigenvalue weighted by Crippen LogP contribution is -2.31. The Labute approximate surface area is 77.4 Å². The standard InChI is InChI=1S/C10H12N2O/c1-2-7-12(11)10-6-4-3-5-9(10)8-13/h2-6,8H,1,7,11H2. The number of carbonyl (C=O) groups excluding carboxylic acids is 1. The number of anilines is 1. The molecule has 1 aromatic rings. The summed E-state index contributed by atoms with van der Waals surface area (Å²) in [6.45, 7) is 4.09. The van der Waals surface area contributed by atoms with Gasteiger partial charge in [0.1, 0.15) is 0 Å². The third-order valence-corrected chi connectivity index (χ3v) is 1.70. The van der Waals surface area contributed by atoms with Crippen molar-refractivity contribution in [2.75, 3.05) is 11.6 Å². The zero-order valence-corrected chi connectivity index (χ0v) is 7.31. The van der Waals surface area contributed by atoms with E-state index in [0.29, 0.717) is 12.1 Å². The summed E-state index contributed by atoms with van der Waals surface area (Å²) in [6.07, 6.45) is 2.47. The van der Waals surface area contributed by atoms with Crippen molar-refractivity contribution in [2.45, 2.75) is 0 Å². The minimum Gasteiger partial charge on any atom is -0.307 e. The van der Waals surface area contributed by atoms with Crippen LogP contribution in [0, 0.1) is 0 Å². The first-order valence-corrected chi connectivity index (χ1v) is 3.97. The van der Waals surface area contributed by atoms with Crippen molar-refractivity contribution >= 4 is 12.0 Å². The molecule has 0 unspecified atom stereocenters. The van der Waals surface area contributed by atoms with Crippen LogP contribution in [0.5, 0.6) is 0 Å². The first kappa shape index (κ1) is 9.48. The summed E-state index contributed by atoms with van der Waals surface area (Å²) in [5.41, 5.74) is 1.31. The average molecular weight is 176 g/mol. The minimum atomic E-state index is 0.519. The number of nitrogens with zero attached hydrogens (tertiary/aromatic N) is 1. The van der Waals surface area contributed by atoms with Gasteiger partial charge in [-0.25, -0.2) is 5.84 Å². The average Bonchev–Trinajstić information content (AvgIpc) is 2.18. The number of aldehydes is 1. The number of nitrogens with two attached hydrogens (primary N) is 1. The summed E-state index contributed by atoms with van der Waals surface area (Å²) >= 11 is 0. The van der Waals surface area contributed by atoms with E-state index in [1.807, 2.05) is 6.07 Å². The van der Waals surface area contributed by atoms with Crippen LogP contribution in [0.25, 0.3) is 0 Å². The van der Waals surface area contributed by atoms with E-state index in [4.69, 9.17) is 5.84 Å². The van der Waals surface area contributed by atoms with E-state index in [0.717, 1.165) is 12.0 Å². The fourth-order valence-electron chi connectivity index (χ4n) is 1.09. The third-order valence-electron chi connectivity index (χ3n) is 1.70. The summed E-state index contributed by atoms with van der Waals surface area (Å²) in [7, 11) is 0. The highest BCUT2D eigenvalue weighted by Gasteiger charge is 2.03. The summed E-state index contributed by atoms with van der Waals surface area (Å²) in [4.78, 5) is 10.6. The lowest BCUT2D eigenvalue weighted by atomic mass is 10.2. The van der Waals surface area contributed by atoms with Crippen LogP contribution in [0.4, 0.5) is 5.69 Å². The molecule has 68 valence electrons. The molecular formula is C10H12N2O. The molecule has 3 heteroatoms. The third kappa shape index (κ3) is 2.16. The normalized spacial score (nSPS) is 9.31. The van der Waals surface area contributed by atoms with Crippen LogP contribution in [-0.2, 0) is 0 Å². The van der Waals surface area contributed by atoms with Crippen LogP contribution in [0.1, 0.15) is 10.4 Å². The molecule has 0 saturated heterocycles. The van der Waals surface area contributed by atoms with Crippen molar-refractivity contribution in [3.05, 3.63) is 42.5 Å². The molecule has 13 heavy (non-hydrogen) atoms. The number of para-hydroxylation sites is 1. The van der Waals surface area contributed by atoms with Gasteiger partial charge in [0.15, 0.2) is 6.29 Å². The molecule has 0 aliphatic carbocycles. The lowest BCUT2D eigenvalue weighted by Gasteiger charge is -2.17. The fourth-order valence-corrected chi connectivity index (χ4v) is 1.09. The summed E-state index contributed by atoms with van der Waals surface area (Å²) in [6, 6.07) is 7.17. The molecule has 3 nitrogen and oxygen atoms in total. The second kappa shape index (κ2) is 4.42. The Bertz CT molecular complexity index is 310. The fraction of sp³-hybridized carbons (Fsp3) is 0.100. The lowest BCUT2D eigenvalue weighted by molar-refractivity contribution is 0.112. The van der Waals surface area contributed by atoms with E-state index in [1.54, 1.807) is 24.3 Å². The predicted octanol–water partition coefficient (Wildman–Crippen LogP) is 1.37. The Kier molecular flexibility index (Phi) is 3.23. The highest BCUT2D eigenvalue weighted by molar-refractivity contribution is 5.84. The minimum absolute atomic E-state index is 0.519. The highest BCUT2D eigenvalue weighted by Crippen LogP contribution is 2.15. The monoisotopic (exact) mass is 176 g/mol. The largest absolute Gasteiger partial charge is 0.307 e. The van der Waals surface area contributed by atoms with Crippen molar-refractivity contribution in [3.63, 3.8) is 0 Å². The van der Waals surface area contributed by atoms with E-state index in [-0.39, 0.29) is 0 Å². The van der Waals surface area contributed by atoms with Gasteiger partial charge in [-0.05, 0) is 12.1 Å². The van der Waals surface area contributed by atoms with E-state index >= 15 is 0 Å². The summed E-state index contributed by atoms with van der Waals surface area (Å²) in [5, 5.41) is 1.48. The van der Waals surface area contributed by atoms with Crippen LogP contribution < -0.4 is 10.9 Å². The Morgan fingerprint density at radius 1 is 1.46 bits per heavy atom. The summed E-state index contributed by atoms with van der Waals surface area (Å²) < 4.78 is 0. The van der Waals surface area contributed by atoms with Crippen molar-refractivity contribution in [1.82, 2.24) is 0 Å². The number of hydrazine groups is 1. The SMILES string of the molecule is C=CCN(N)c1ccccc1C=O. The van der Waals surface area contributed by atoms with Crippen LogP contribution in [0.15, 0.2) is 36.9 Å². The van der Waals surface area contributed by atoms with Crippen molar-refractivity contribution in [3.8, 4) is 0 Å². The van der Waals surface area contributed by atoms with Gasteiger partial charge in [-0.3, -0.25) is 4.79 Å². The molecule has 1 aromatic carbocycles. The molecule has 0 aliphatic heterocycles. The number of benzene rings is 1. The van der Waals surface area contributed by atoms with E-state index in [2.05, 4.69) is 6.58 Å². The molecule has 2 N–H and O–H groups in total. The molecule has 0 amide bonds. The maximum absolute atomic E-state index is 10.6. The molecule has 1 rings (SSSR count). The molecule has 0 bridgehead atoms. The Hall–Kier alpha value is -1.61. The van der Waals surface area contributed by atoms with E-state index in [9.17, 15) is 4.79 Å². The van der Waals surface area contributed by atoms with Crippen molar-refractivity contribution in [2.24, 2.45) is 5.84 Å². The Morgan fingerprint density at radius 3 is 2.77 bits per heavy atom. The molecular weight excluding hydrogens is 164 g/mol. The number of hydrogen-bond acceptors (Lipinski definition) is 3. The van der Waals surface area contributed by atoms with E-state index < -0.39 is 0 Å². The zero-order chi connectivity index (χ0) is 9.68. The van der Waals surface area contributed by atoms with Crippen LogP contribution in [-0.4, -0.2) is 12.8 Å². The van der Waals surface area contributed by atoms with Gasteiger partial charge in [0.25, 0.3) is 0 Å². The molecule has 0 aromatic heterocycles. The predicted molar refractivity (Wildman–Crippen MR) is 53.6 cm³/mol. The Morgan fingerprint density at radius 2 is 2.15 bits per heavy atom. The van der Waals surface area contributed by atoms with E-state index in [1.165, 1.54) is 5.01 Å². The van der Waals surface area contributed by atoms with Gasteiger partial charge >= 0.3 is 0 Å². The second-order valence-electron chi connectivity index (χ2n) is 2.62. The van der Waals surface area contributed by atoms with Gasteiger partial charge in [-0.2, -0.15) is 0 Å². The van der Waals surface area contributed by atoms with Gasteiger partial charge in [-0.1, -0.05) is 18.2 Å². The van der Waals surface area contributed by atoms with Gasteiger partial charge in [0.05, 0.1) is 12.2 Å². The number of carbonyl (C=O) groups is 1. The van der Waals surface area contributed by atoms with Crippen LogP contribution >= 0.6 is 0 Å². The molecule has 0 aliphatic rings. The second-order valence-corrected chi connectivity index (χ2v) is 2.62. The molecule has 0 radical (unpaired) electrons. The highest BCUT2D eigenvalue weighted by atomic mass is 16.1. The summed E-state index contributed by atoms with van der Waals surface area (Å²) in [5.74, 6) is 5.69. The smallest absolute Gasteiger partial charge is 0.152 e. The quantitative estimate of drug-likeness (QED) is 0.326. The van der Waals surface area contributed by atoms with Crippen molar-refractivity contribution < 1.29 is 4.79 Å². The van der Waals surface area contributed by atoms with Gasteiger partial charge in [0, 0.05) is 5.56 Å². The maximum atomic E-state index is 10.6. The van der Waals surface area contributed by atoms with Gasteiger partial charge < -0.3 is 5.01 Å². The molecule has 0 atom stereocenters. The molecule has 0 spiro atoms. The number of rotatable bonds is 4.